The number of hydrogen-bond donors (Lipinski definition) is 1. The van der Waals surface area contributed by atoms with E-state index in [-0.39, 0.29) is 5.56 Å². The number of aryl methyl sites for hydroxylation is 2. The molecule has 0 saturated carbocycles. The maximum Gasteiger partial charge on any atom is 0.573 e. The molecule has 0 aromatic heterocycles. The molecule has 1 rings (SSSR count). The van der Waals surface area contributed by atoms with Crippen LogP contribution in [-0.4, -0.2) is 12.9 Å². The summed E-state index contributed by atoms with van der Waals surface area (Å²) in [5.74, 6) is -1.75. The highest BCUT2D eigenvalue weighted by molar-refractivity contribution is 5.36. The van der Waals surface area contributed by atoms with Crippen LogP contribution in [0.25, 0.3) is 0 Å². The molecular weight excluding hydrogens is 250 g/mol. The second-order valence-electron chi connectivity index (χ2n) is 4.02. The second-order valence-corrected chi connectivity index (χ2v) is 4.02. The van der Waals surface area contributed by atoms with E-state index in [1.54, 1.807) is 0 Å². The lowest BCUT2D eigenvalue weighted by atomic mass is 10.0. The van der Waals surface area contributed by atoms with Crippen molar-refractivity contribution >= 4 is 0 Å². The summed E-state index contributed by atoms with van der Waals surface area (Å²) in [4.78, 5) is 0. The highest BCUT2D eigenvalue weighted by Crippen LogP contribution is 2.29. The summed E-state index contributed by atoms with van der Waals surface area (Å²) in [5, 5.41) is 0. The van der Waals surface area contributed by atoms with Crippen molar-refractivity contribution in [2.75, 3.05) is 6.54 Å². The molecule has 2 N–H and O–H groups in total. The molecule has 0 unspecified atom stereocenters. The fraction of sp³-hybridized carbons (Fsp3) is 0.500. The first kappa shape index (κ1) is 14.8. The molecule has 0 radical (unpaired) electrons. The molecule has 0 fully saturated rings. The lowest BCUT2D eigenvalue weighted by molar-refractivity contribution is -0.275. The predicted octanol–water partition coefficient (Wildman–Crippen LogP) is 3.31. The van der Waals surface area contributed by atoms with Crippen molar-refractivity contribution in [1.82, 2.24) is 0 Å². The summed E-state index contributed by atoms with van der Waals surface area (Å²) in [7, 11) is 0. The highest BCUT2D eigenvalue weighted by atomic mass is 19.4. The summed E-state index contributed by atoms with van der Waals surface area (Å²) >= 11 is 0. The molecule has 0 aliphatic rings. The first-order valence-electron chi connectivity index (χ1n) is 5.58. The Morgan fingerprint density at radius 2 is 1.89 bits per heavy atom. The summed E-state index contributed by atoms with van der Waals surface area (Å²) in [5.41, 5.74) is 6.08. The summed E-state index contributed by atoms with van der Waals surface area (Å²) in [6.45, 7) is 1.93. The minimum absolute atomic E-state index is 0.138. The molecule has 0 saturated heterocycles. The van der Waals surface area contributed by atoms with Gasteiger partial charge in [-0.15, -0.1) is 13.2 Å². The fourth-order valence-electron chi connectivity index (χ4n) is 1.63. The van der Waals surface area contributed by atoms with Crippen LogP contribution in [0.1, 0.15) is 24.0 Å². The standard InChI is InChI=1S/C12H15F4NO/c1-8-6-9(4-2-3-5-17)7-10(11(8)13)18-12(14,15)16/h6-7H,2-5,17H2,1H3. The first-order valence-corrected chi connectivity index (χ1v) is 5.58. The topological polar surface area (TPSA) is 35.2 Å². The minimum Gasteiger partial charge on any atom is -0.403 e. The predicted molar refractivity (Wildman–Crippen MR) is 59.8 cm³/mol. The quantitative estimate of drug-likeness (QED) is 0.654. The summed E-state index contributed by atoms with van der Waals surface area (Å²) in [6, 6.07) is 2.61. The first-order chi connectivity index (χ1) is 8.33. The van der Waals surface area contributed by atoms with Gasteiger partial charge in [0.25, 0.3) is 0 Å². The zero-order valence-corrected chi connectivity index (χ0v) is 9.98. The van der Waals surface area contributed by atoms with Crippen molar-refractivity contribution in [3.63, 3.8) is 0 Å². The molecule has 0 spiro atoms. The van der Waals surface area contributed by atoms with Crippen LogP contribution in [0.3, 0.4) is 0 Å². The SMILES string of the molecule is Cc1cc(CCCCN)cc(OC(F)(F)F)c1F. The van der Waals surface area contributed by atoms with Gasteiger partial charge in [-0.3, -0.25) is 0 Å². The van der Waals surface area contributed by atoms with Crippen LogP contribution in [-0.2, 0) is 6.42 Å². The molecule has 0 heterocycles. The number of ether oxygens (including phenoxy) is 1. The fourth-order valence-corrected chi connectivity index (χ4v) is 1.63. The molecule has 102 valence electrons. The largest absolute Gasteiger partial charge is 0.573 e. The molecule has 0 atom stereocenters. The summed E-state index contributed by atoms with van der Waals surface area (Å²) in [6.07, 6.45) is -2.82. The van der Waals surface area contributed by atoms with Crippen LogP contribution in [0.5, 0.6) is 5.75 Å². The molecule has 0 bridgehead atoms. The zero-order valence-electron chi connectivity index (χ0n) is 9.98. The Morgan fingerprint density at radius 3 is 2.44 bits per heavy atom. The van der Waals surface area contributed by atoms with E-state index in [0.29, 0.717) is 18.5 Å². The third kappa shape index (κ3) is 4.52. The molecule has 6 heteroatoms. The third-order valence-electron chi connectivity index (χ3n) is 2.43. The van der Waals surface area contributed by atoms with E-state index in [0.717, 1.165) is 18.9 Å². The average Bonchev–Trinajstić information content (AvgIpc) is 2.23. The van der Waals surface area contributed by atoms with E-state index in [9.17, 15) is 17.6 Å². The van der Waals surface area contributed by atoms with E-state index in [1.807, 2.05) is 0 Å². The number of halogens is 4. The van der Waals surface area contributed by atoms with Crippen LogP contribution in [0, 0.1) is 12.7 Å². The van der Waals surface area contributed by atoms with Crippen molar-refractivity contribution in [2.45, 2.75) is 32.5 Å². The van der Waals surface area contributed by atoms with Gasteiger partial charge >= 0.3 is 6.36 Å². The Bertz CT molecular complexity index is 404. The maximum absolute atomic E-state index is 13.5. The van der Waals surface area contributed by atoms with Gasteiger partial charge in [0, 0.05) is 0 Å². The van der Waals surface area contributed by atoms with Gasteiger partial charge in [-0.1, -0.05) is 6.07 Å². The number of hydrogen-bond acceptors (Lipinski definition) is 2. The van der Waals surface area contributed by atoms with Crippen LogP contribution in [0.2, 0.25) is 0 Å². The Balaban J connectivity index is 2.88. The second kappa shape index (κ2) is 6.04. The molecule has 0 aliphatic heterocycles. The minimum atomic E-state index is -4.89. The van der Waals surface area contributed by atoms with Crippen LogP contribution in [0.4, 0.5) is 17.6 Å². The average molecular weight is 265 g/mol. The van der Waals surface area contributed by atoms with Crippen molar-refractivity contribution in [1.29, 1.82) is 0 Å². The van der Waals surface area contributed by atoms with Crippen LogP contribution < -0.4 is 10.5 Å². The lowest BCUT2D eigenvalue weighted by Crippen LogP contribution is -2.18. The van der Waals surface area contributed by atoms with Gasteiger partial charge in [0.2, 0.25) is 0 Å². The van der Waals surface area contributed by atoms with E-state index < -0.39 is 17.9 Å². The Kier molecular flexibility index (Phi) is 4.95. The molecule has 1 aromatic carbocycles. The van der Waals surface area contributed by atoms with E-state index >= 15 is 0 Å². The van der Waals surface area contributed by atoms with Crippen molar-refractivity contribution in [3.8, 4) is 5.75 Å². The van der Waals surface area contributed by atoms with Crippen LogP contribution >= 0.6 is 0 Å². The Hall–Kier alpha value is -1.30. The number of unbranched alkanes of at least 4 members (excludes halogenated alkanes) is 1. The van der Waals surface area contributed by atoms with Gasteiger partial charge in [0.05, 0.1) is 0 Å². The van der Waals surface area contributed by atoms with Gasteiger partial charge in [0.1, 0.15) is 0 Å². The summed E-state index contributed by atoms with van der Waals surface area (Å²) < 4.78 is 53.4. The monoisotopic (exact) mass is 265 g/mol. The number of benzene rings is 1. The normalized spacial score (nSPS) is 11.7. The van der Waals surface area contributed by atoms with Gasteiger partial charge in [-0.05, 0) is 49.9 Å². The molecule has 18 heavy (non-hydrogen) atoms. The van der Waals surface area contributed by atoms with Gasteiger partial charge in [0.15, 0.2) is 11.6 Å². The number of alkyl halides is 3. The van der Waals surface area contributed by atoms with E-state index in [4.69, 9.17) is 5.73 Å². The van der Waals surface area contributed by atoms with Crippen molar-refractivity contribution < 1.29 is 22.3 Å². The van der Waals surface area contributed by atoms with Gasteiger partial charge in [-0.25, -0.2) is 4.39 Å². The third-order valence-corrected chi connectivity index (χ3v) is 2.43. The van der Waals surface area contributed by atoms with Crippen molar-refractivity contribution in [3.05, 3.63) is 29.1 Å². The Labute approximate surface area is 103 Å². The molecule has 0 aliphatic carbocycles. The van der Waals surface area contributed by atoms with E-state index in [1.165, 1.54) is 13.0 Å². The molecule has 0 amide bonds. The Morgan fingerprint density at radius 1 is 1.22 bits per heavy atom. The van der Waals surface area contributed by atoms with Gasteiger partial charge in [-0.2, -0.15) is 0 Å². The van der Waals surface area contributed by atoms with Crippen molar-refractivity contribution in [2.24, 2.45) is 5.73 Å². The number of nitrogens with two attached hydrogens (primary N) is 1. The molecule has 2 nitrogen and oxygen atoms in total. The van der Waals surface area contributed by atoms with Crippen LogP contribution in [0.15, 0.2) is 12.1 Å². The van der Waals surface area contributed by atoms with Gasteiger partial charge < -0.3 is 10.5 Å². The number of rotatable bonds is 5. The highest BCUT2D eigenvalue weighted by Gasteiger charge is 2.32. The zero-order chi connectivity index (χ0) is 13.8. The molecule has 1 aromatic rings. The lowest BCUT2D eigenvalue weighted by Gasteiger charge is -2.12. The molecular formula is C12H15F4NO. The smallest absolute Gasteiger partial charge is 0.403 e. The maximum atomic E-state index is 13.5. The van der Waals surface area contributed by atoms with E-state index in [2.05, 4.69) is 4.74 Å².